The highest BCUT2D eigenvalue weighted by atomic mass is 16.3. The second-order valence-electron chi connectivity index (χ2n) is 4.06. The van der Waals surface area contributed by atoms with Gasteiger partial charge in [0.1, 0.15) is 0 Å². The fourth-order valence-corrected chi connectivity index (χ4v) is 2.04. The zero-order chi connectivity index (χ0) is 9.68. The number of aliphatic hydroxyl groups excluding tert-OH is 1. The lowest BCUT2D eigenvalue weighted by molar-refractivity contribution is 0.146. The molecule has 0 aromatic heterocycles. The number of hydrogen-bond donors (Lipinski definition) is 2. The summed E-state index contributed by atoms with van der Waals surface area (Å²) in [5.41, 5.74) is 0. The molecule has 1 atom stereocenters. The molecule has 0 aromatic rings. The quantitative estimate of drug-likeness (QED) is 0.654. The Labute approximate surface area is 81.1 Å². The second-order valence-corrected chi connectivity index (χ2v) is 4.06. The fraction of sp³-hybridized carbons (Fsp3) is 1.00. The Morgan fingerprint density at radius 2 is 2.31 bits per heavy atom. The van der Waals surface area contributed by atoms with Crippen molar-refractivity contribution >= 4 is 0 Å². The van der Waals surface area contributed by atoms with Gasteiger partial charge in [0.25, 0.3) is 0 Å². The van der Waals surface area contributed by atoms with Crippen LogP contribution >= 0.6 is 0 Å². The maximum Gasteiger partial charge on any atom is 0.0443 e. The van der Waals surface area contributed by atoms with Crippen molar-refractivity contribution in [2.45, 2.75) is 38.8 Å². The van der Waals surface area contributed by atoms with E-state index in [0.29, 0.717) is 18.7 Å². The van der Waals surface area contributed by atoms with Crippen LogP contribution in [-0.4, -0.2) is 48.3 Å². The fourth-order valence-electron chi connectivity index (χ4n) is 2.04. The largest absolute Gasteiger partial charge is 0.396 e. The molecule has 78 valence electrons. The molecular formula is C10H22N2O. The van der Waals surface area contributed by atoms with E-state index in [0.717, 1.165) is 26.1 Å². The molecule has 1 rings (SSSR count). The maximum atomic E-state index is 8.80. The third kappa shape index (κ3) is 3.25. The van der Waals surface area contributed by atoms with E-state index in [1.807, 2.05) is 0 Å². The average Bonchev–Trinajstić information content (AvgIpc) is 2.57. The van der Waals surface area contributed by atoms with E-state index in [2.05, 4.69) is 24.1 Å². The molecular weight excluding hydrogens is 164 g/mol. The molecule has 1 saturated heterocycles. The van der Waals surface area contributed by atoms with Crippen molar-refractivity contribution in [1.82, 2.24) is 10.2 Å². The number of hydrogen-bond acceptors (Lipinski definition) is 3. The Balaban J connectivity index is 2.36. The average molecular weight is 186 g/mol. The molecule has 1 fully saturated rings. The van der Waals surface area contributed by atoms with Gasteiger partial charge in [-0.3, -0.25) is 4.90 Å². The van der Waals surface area contributed by atoms with Crippen molar-refractivity contribution in [3.63, 3.8) is 0 Å². The van der Waals surface area contributed by atoms with E-state index >= 15 is 0 Å². The van der Waals surface area contributed by atoms with Gasteiger partial charge in [-0.15, -0.1) is 0 Å². The SMILES string of the molecule is CC(C)N(CCCO)C1CCNC1. The zero-order valence-corrected chi connectivity index (χ0v) is 8.79. The van der Waals surface area contributed by atoms with Gasteiger partial charge in [0, 0.05) is 31.8 Å². The first-order valence-corrected chi connectivity index (χ1v) is 5.33. The van der Waals surface area contributed by atoms with Gasteiger partial charge in [0.15, 0.2) is 0 Å². The molecule has 1 heterocycles. The van der Waals surface area contributed by atoms with Crippen LogP contribution in [0.25, 0.3) is 0 Å². The lowest BCUT2D eigenvalue weighted by Gasteiger charge is -2.31. The molecule has 2 N–H and O–H groups in total. The van der Waals surface area contributed by atoms with Gasteiger partial charge in [-0.2, -0.15) is 0 Å². The van der Waals surface area contributed by atoms with Crippen LogP contribution < -0.4 is 5.32 Å². The van der Waals surface area contributed by atoms with Crippen LogP contribution in [0.2, 0.25) is 0 Å². The Hall–Kier alpha value is -0.120. The third-order valence-corrected chi connectivity index (χ3v) is 2.74. The minimum Gasteiger partial charge on any atom is -0.396 e. The van der Waals surface area contributed by atoms with Crippen LogP contribution in [0.3, 0.4) is 0 Å². The minimum absolute atomic E-state index is 0.309. The molecule has 0 amide bonds. The highest BCUT2D eigenvalue weighted by Crippen LogP contribution is 2.12. The summed E-state index contributed by atoms with van der Waals surface area (Å²) in [6, 6.07) is 1.28. The van der Waals surface area contributed by atoms with E-state index in [1.165, 1.54) is 6.42 Å². The van der Waals surface area contributed by atoms with Crippen LogP contribution in [0, 0.1) is 0 Å². The molecule has 0 radical (unpaired) electrons. The molecule has 0 bridgehead atoms. The van der Waals surface area contributed by atoms with Gasteiger partial charge in [-0.05, 0) is 33.2 Å². The van der Waals surface area contributed by atoms with Crippen molar-refractivity contribution in [1.29, 1.82) is 0 Å². The summed E-state index contributed by atoms with van der Waals surface area (Å²) >= 11 is 0. The predicted octanol–water partition coefficient (Wildman–Crippen LogP) is 0.441. The Bertz CT molecular complexity index is 133. The van der Waals surface area contributed by atoms with E-state index in [1.54, 1.807) is 0 Å². The van der Waals surface area contributed by atoms with E-state index in [9.17, 15) is 0 Å². The normalized spacial score (nSPS) is 23.3. The summed E-state index contributed by atoms with van der Waals surface area (Å²) in [5.74, 6) is 0. The molecule has 0 saturated carbocycles. The number of rotatable bonds is 5. The Morgan fingerprint density at radius 3 is 2.77 bits per heavy atom. The van der Waals surface area contributed by atoms with E-state index in [-0.39, 0.29) is 0 Å². The van der Waals surface area contributed by atoms with Crippen LogP contribution in [0.4, 0.5) is 0 Å². The molecule has 0 aliphatic carbocycles. The van der Waals surface area contributed by atoms with Crippen molar-refractivity contribution < 1.29 is 5.11 Å². The number of aliphatic hydroxyl groups is 1. The Morgan fingerprint density at radius 1 is 1.54 bits per heavy atom. The number of nitrogens with zero attached hydrogens (tertiary/aromatic N) is 1. The highest BCUT2D eigenvalue weighted by Gasteiger charge is 2.23. The van der Waals surface area contributed by atoms with Gasteiger partial charge in [0.2, 0.25) is 0 Å². The maximum absolute atomic E-state index is 8.80. The Kier molecular flexibility index (Phi) is 4.70. The van der Waals surface area contributed by atoms with E-state index < -0.39 is 0 Å². The third-order valence-electron chi connectivity index (χ3n) is 2.74. The monoisotopic (exact) mass is 186 g/mol. The topological polar surface area (TPSA) is 35.5 Å². The molecule has 1 aliphatic rings. The standard InChI is InChI=1S/C10H22N2O/c1-9(2)12(6-3-7-13)10-4-5-11-8-10/h9-11,13H,3-8H2,1-2H3. The first kappa shape index (κ1) is 11.0. The molecule has 0 aromatic carbocycles. The predicted molar refractivity (Wildman–Crippen MR) is 54.8 cm³/mol. The summed E-state index contributed by atoms with van der Waals surface area (Å²) < 4.78 is 0. The van der Waals surface area contributed by atoms with Crippen molar-refractivity contribution in [3.8, 4) is 0 Å². The summed E-state index contributed by atoms with van der Waals surface area (Å²) in [4.78, 5) is 2.50. The van der Waals surface area contributed by atoms with Crippen molar-refractivity contribution in [3.05, 3.63) is 0 Å². The first-order valence-electron chi connectivity index (χ1n) is 5.33. The molecule has 13 heavy (non-hydrogen) atoms. The van der Waals surface area contributed by atoms with Crippen LogP contribution in [0.1, 0.15) is 26.7 Å². The van der Waals surface area contributed by atoms with Crippen molar-refractivity contribution in [2.24, 2.45) is 0 Å². The first-order chi connectivity index (χ1) is 6.25. The molecule has 3 heteroatoms. The van der Waals surface area contributed by atoms with Crippen molar-refractivity contribution in [2.75, 3.05) is 26.2 Å². The molecule has 0 spiro atoms. The van der Waals surface area contributed by atoms with Gasteiger partial charge in [-0.1, -0.05) is 0 Å². The summed E-state index contributed by atoms with van der Waals surface area (Å²) in [6.45, 7) is 8.06. The summed E-state index contributed by atoms with van der Waals surface area (Å²) in [6.07, 6.45) is 2.15. The highest BCUT2D eigenvalue weighted by molar-refractivity contribution is 4.82. The number of nitrogens with one attached hydrogen (secondary N) is 1. The second kappa shape index (κ2) is 5.58. The zero-order valence-electron chi connectivity index (χ0n) is 8.79. The lowest BCUT2D eigenvalue weighted by Crippen LogP contribution is -2.42. The minimum atomic E-state index is 0.309. The summed E-state index contributed by atoms with van der Waals surface area (Å²) in [5, 5.41) is 12.2. The van der Waals surface area contributed by atoms with Crippen LogP contribution in [0.15, 0.2) is 0 Å². The van der Waals surface area contributed by atoms with Gasteiger partial charge in [0.05, 0.1) is 0 Å². The van der Waals surface area contributed by atoms with Gasteiger partial charge >= 0.3 is 0 Å². The van der Waals surface area contributed by atoms with Crippen LogP contribution in [0.5, 0.6) is 0 Å². The van der Waals surface area contributed by atoms with Gasteiger partial charge in [-0.25, -0.2) is 0 Å². The van der Waals surface area contributed by atoms with E-state index in [4.69, 9.17) is 5.11 Å². The smallest absolute Gasteiger partial charge is 0.0443 e. The molecule has 1 aliphatic heterocycles. The van der Waals surface area contributed by atoms with Crippen LogP contribution in [-0.2, 0) is 0 Å². The molecule has 1 unspecified atom stereocenters. The molecule has 3 nitrogen and oxygen atoms in total. The lowest BCUT2D eigenvalue weighted by atomic mass is 10.1. The van der Waals surface area contributed by atoms with Gasteiger partial charge < -0.3 is 10.4 Å². The summed E-state index contributed by atoms with van der Waals surface area (Å²) in [7, 11) is 0.